The van der Waals surface area contributed by atoms with Gasteiger partial charge in [0.15, 0.2) is 0 Å². The van der Waals surface area contributed by atoms with Crippen LogP contribution in [0.1, 0.15) is 27.2 Å². The molecule has 0 N–H and O–H groups in total. The van der Waals surface area contributed by atoms with E-state index in [1.165, 1.54) is 12.0 Å². The van der Waals surface area contributed by atoms with Gasteiger partial charge < -0.3 is 0 Å². The lowest BCUT2D eigenvalue weighted by molar-refractivity contribution is 0.815. The maximum atomic E-state index is 3.44. The van der Waals surface area contributed by atoms with Gasteiger partial charge in [0.1, 0.15) is 0 Å². The van der Waals surface area contributed by atoms with Crippen LogP contribution in [0, 0.1) is 5.92 Å². The highest BCUT2D eigenvalue weighted by Crippen LogP contribution is 2.08. The summed E-state index contributed by atoms with van der Waals surface area (Å²) in [7, 11) is 0. The van der Waals surface area contributed by atoms with E-state index in [1.54, 1.807) is 0 Å². The van der Waals surface area contributed by atoms with Crippen molar-refractivity contribution in [1.29, 1.82) is 0 Å². The van der Waals surface area contributed by atoms with Crippen molar-refractivity contribution >= 4 is 15.9 Å². The van der Waals surface area contributed by atoms with Gasteiger partial charge in [-0.25, -0.2) is 0 Å². The van der Waals surface area contributed by atoms with Crippen molar-refractivity contribution < 1.29 is 0 Å². The molecule has 1 heteroatoms. The van der Waals surface area contributed by atoms with Crippen molar-refractivity contribution in [2.75, 3.05) is 5.33 Å². The normalized spacial score (nSPS) is 12.8. The minimum Gasteiger partial charge on any atom is -0.0880 e. The van der Waals surface area contributed by atoms with E-state index in [1.807, 2.05) is 0 Å². The van der Waals surface area contributed by atoms with E-state index in [2.05, 4.69) is 42.8 Å². The minimum absolute atomic E-state index is 0.692. The van der Waals surface area contributed by atoms with Crippen LogP contribution in [0.4, 0.5) is 0 Å². The average Bonchev–Trinajstić information content (AvgIpc) is 1.82. The SMILES string of the molecule is CC/C(=C/C(C)C)CBr. The second kappa shape index (κ2) is 5.04. The highest BCUT2D eigenvalue weighted by Gasteiger charge is 1.91. The zero-order valence-corrected chi connectivity index (χ0v) is 8.03. The van der Waals surface area contributed by atoms with Crippen LogP contribution in [0.3, 0.4) is 0 Å². The lowest BCUT2D eigenvalue weighted by atomic mass is 10.1. The third kappa shape index (κ3) is 4.71. The first-order valence-corrected chi connectivity index (χ1v) is 4.58. The third-order valence-electron chi connectivity index (χ3n) is 1.19. The van der Waals surface area contributed by atoms with Gasteiger partial charge in [-0.05, 0) is 12.3 Å². The zero-order valence-electron chi connectivity index (χ0n) is 6.45. The number of allylic oxidation sites excluding steroid dienone is 2. The van der Waals surface area contributed by atoms with Crippen LogP contribution in [0.2, 0.25) is 0 Å². The number of halogens is 1. The summed E-state index contributed by atoms with van der Waals surface area (Å²) < 4.78 is 0. The summed E-state index contributed by atoms with van der Waals surface area (Å²) in [4.78, 5) is 0. The Kier molecular flexibility index (Phi) is 5.16. The molecule has 0 heterocycles. The molecule has 0 aliphatic rings. The van der Waals surface area contributed by atoms with Gasteiger partial charge in [-0.3, -0.25) is 0 Å². The lowest BCUT2D eigenvalue weighted by Gasteiger charge is -2.00. The van der Waals surface area contributed by atoms with Crippen LogP contribution in [0.5, 0.6) is 0 Å². The fourth-order valence-corrected chi connectivity index (χ4v) is 1.31. The maximum absolute atomic E-state index is 3.44. The highest BCUT2D eigenvalue weighted by molar-refractivity contribution is 9.09. The summed E-state index contributed by atoms with van der Waals surface area (Å²) in [6, 6.07) is 0. The smallest absolute Gasteiger partial charge is 0.0241 e. The second-order valence-electron chi connectivity index (χ2n) is 2.56. The standard InChI is InChI=1S/C8H15Br/c1-4-8(6-9)5-7(2)3/h5,7H,4,6H2,1-3H3/b8-5-. The second-order valence-corrected chi connectivity index (χ2v) is 3.12. The summed E-state index contributed by atoms with van der Waals surface area (Å²) in [5.74, 6) is 0.692. The van der Waals surface area contributed by atoms with Crippen molar-refractivity contribution in [3.05, 3.63) is 11.6 Å². The molecule has 0 radical (unpaired) electrons. The lowest BCUT2D eigenvalue weighted by Crippen LogP contribution is -1.86. The van der Waals surface area contributed by atoms with Crippen LogP contribution >= 0.6 is 15.9 Å². The van der Waals surface area contributed by atoms with Crippen LogP contribution < -0.4 is 0 Å². The first-order chi connectivity index (χ1) is 4.20. The molecule has 0 aliphatic carbocycles. The van der Waals surface area contributed by atoms with Crippen molar-refractivity contribution in [3.63, 3.8) is 0 Å². The molecule has 0 aliphatic heterocycles. The molecule has 0 spiro atoms. The molecule has 0 unspecified atom stereocenters. The number of rotatable bonds is 3. The summed E-state index contributed by atoms with van der Waals surface area (Å²) in [5, 5.41) is 1.03. The summed E-state index contributed by atoms with van der Waals surface area (Å²) in [6.07, 6.45) is 3.48. The Morgan fingerprint density at radius 1 is 1.56 bits per heavy atom. The van der Waals surface area contributed by atoms with Gasteiger partial charge in [0.2, 0.25) is 0 Å². The van der Waals surface area contributed by atoms with E-state index in [4.69, 9.17) is 0 Å². The average molecular weight is 191 g/mol. The highest BCUT2D eigenvalue weighted by atomic mass is 79.9. The van der Waals surface area contributed by atoms with Gasteiger partial charge in [0.25, 0.3) is 0 Å². The molecule has 0 aromatic rings. The molecule has 54 valence electrons. The Hall–Kier alpha value is 0.220. The molecule has 0 aromatic heterocycles. The van der Waals surface area contributed by atoms with Crippen LogP contribution in [0.25, 0.3) is 0 Å². The molecule has 0 saturated heterocycles. The largest absolute Gasteiger partial charge is 0.0880 e. The topological polar surface area (TPSA) is 0 Å². The summed E-state index contributed by atoms with van der Waals surface area (Å²) >= 11 is 3.44. The molecule has 0 amide bonds. The van der Waals surface area contributed by atoms with E-state index in [0.29, 0.717) is 5.92 Å². The van der Waals surface area contributed by atoms with Gasteiger partial charge >= 0.3 is 0 Å². The molecule has 0 nitrogen and oxygen atoms in total. The van der Waals surface area contributed by atoms with E-state index >= 15 is 0 Å². The first-order valence-electron chi connectivity index (χ1n) is 3.46. The third-order valence-corrected chi connectivity index (χ3v) is 1.92. The molecule has 0 bridgehead atoms. The van der Waals surface area contributed by atoms with Crippen molar-refractivity contribution in [1.82, 2.24) is 0 Å². The Balaban J connectivity index is 3.75. The molecule has 9 heavy (non-hydrogen) atoms. The Morgan fingerprint density at radius 3 is 2.22 bits per heavy atom. The predicted molar refractivity (Wildman–Crippen MR) is 47.0 cm³/mol. The first kappa shape index (κ1) is 9.22. The van der Waals surface area contributed by atoms with Crippen LogP contribution in [0.15, 0.2) is 11.6 Å². The molecular weight excluding hydrogens is 176 g/mol. The van der Waals surface area contributed by atoms with Gasteiger partial charge in [-0.2, -0.15) is 0 Å². The van der Waals surface area contributed by atoms with Crippen molar-refractivity contribution in [2.45, 2.75) is 27.2 Å². The molecule has 0 saturated carbocycles. The number of hydrogen-bond donors (Lipinski definition) is 0. The minimum atomic E-state index is 0.692. The Labute approximate surface area is 66.5 Å². The van der Waals surface area contributed by atoms with E-state index in [9.17, 15) is 0 Å². The number of hydrogen-bond acceptors (Lipinski definition) is 0. The van der Waals surface area contributed by atoms with Gasteiger partial charge in [0.05, 0.1) is 0 Å². The predicted octanol–water partition coefficient (Wildman–Crippen LogP) is 3.37. The van der Waals surface area contributed by atoms with Gasteiger partial charge in [-0.1, -0.05) is 48.4 Å². The van der Waals surface area contributed by atoms with Gasteiger partial charge in [0, 0.05) is 5.33 Å². The van der Waals surface area contributed by atoms with Gasteiger partial charge in [-0.15, -0.1) is 0 Å². The molecular formula is C8H15Br. The quantitative estimate of drug-likeness (QED) is 0.473. The van der Waals surface area contributed by atoms with Crippen molar-refractivity contribution in [2.24, 2.45) is 5.92 Å². The summed E-state index contributed by atoms with van der Waals surface area (Å²) in [5.41, 5.74) is 1.50. The van der Waals surface area contributed by atoms with E-state index < -0.39 is 0 Å². The molecule has 0 fully saturated rings. The van der Waals surface area contributed by atoms with E-state index in [-0.39, 0.29) is 0 Å². The van der Waals surface area contributed by atoms with Crippen LogP contribution in [-0.2, 0) is 0 Å². The van der Waals surface area contributed by atoms with E-state index in [0.717, 1.165) is 5.33 Å². The zero-order chi connectivity index (χ0) is 7.28. The maximum Gasteiger partial charge on any atom is 0.0241 e. The fourth-order valence-electron chi connectivity index (χ4n) is 0.728. The number of alkyl halides is 1. The monoisotopic (exact) mass is 190 g/mol. The Morgan fingerprint density at radius 2 is 2.11 bits per heavy atom. The van der Waals surface area contributed by atoms with Crippen molar-refractivity contribution in [3.8, 4) is 0 Å². The summed E-state index contributed by atoms with van der Waals surface area (Å²) in [6.45, 7) is 6.60. The van der Waals surface area contributed by atoms with Crippen LogP contribution in [-0.4, -0.2) is 5.33 Å². The molecule has 0 rings (SSSR count). The fraction of sp³-hybridized carbons (Fsp3) is 0.750. The Bertz CT molecular complexity index is 86.7. The molecule has 0 atom stereocenters. The molecule has 0 aromatic carbocycles.